The standard InChI is InChI=1S/C16H26N2O/c1-16(2,3)18-12-13-9-10-17-15(11-13)19-14-7-5-4-6-8-14/h9-11,14,18H,4-8,12H2,1-3H3. The molecule has 0 radical (unpaired) electrons. The monoisotopic (exact) mass is 262 g/mol. The highest BCUT2D eigenvalue weighted by atomic mass is 16.5. The van der Waals surface area contributed by atoms with Gasteiger partial charge in [0.05, 0.1) is 0 Å². The molecular weight excluding hydrogens is 236 g/mol. The first-order chi connectivity index (χ1) is 9.03. The second kappa shape index (κ2) is 6.38. The molecular formula is C16H26N2O. The number of aromatic nitrogens is 1. The van der Waals surface area contributed by atoms with Gasteiger partial charge in [-0.2, -0.15) is 0 Å². The smallest absolute Gasteiger partial charge is 0.213 e. The minimum atomic E-state index is 0.133. The van der Waals surface area contributed by atoms with Gasteiger partial charge in [0, 0.05) is 24.3 Å². The van der Waals surface area contributed by atoms with E-state index >= 15 is 0 Å². The van der Waals surface area contributed by atoms with E-state index in [1.807, 2.05) is 12.3 Å². The Balaban J connectivity index is 1.90. The molecule has 1 fully saturated rings. The predicted molar refractivity (Wildman–Crippen MR) is 78.3 cm³/mol. The topological polar surface area (TPSA) is 34.2 Å². The summed E-state index contributed by atoms with van der Waals surface area (Å²) >= 11 is 0. The summed E-state index contributed by atoms with van der Waals surface area (Å²) in [4.78, 5) is 4.33. The molecule has 1 aliphatic rings. The summed E-state index contributed by atoms with van der Waals surface area (Å²) in [5, 5.41) is 3.49. The van der Waals surface area contributed by atoms with Crippen molar-refractivity contribution in [2.75, 3.05) is 0 Å². The van der Waals surface area contributed by atoms with Crippen LogP contribution in [0, 0.1) is 0 Å². The Bertz CT molecular complexity index is 392. The largest absolute Gasteiger partial charge is 0.474 e. The van der Waals surface area contributed by atoms with E-state index in [0.717, 1.165) is 12.4 Å². The van der Waals surface area contributed by atoms with Crippen LogP contribution in [-0.2, 0) is 6.54 Å². The van der Waals surface area contributed by atoms with Gasteiger partial charge in [0.25, 0.3) is 0 Å². The van der Waals surface area contributed by atoms with Crippen molar-refractivity contribution in [2.24, 2.45) is 0 Å². The number of hydrogen-bond acceptors (Lipinski definition) is 3. The Labute approximate surface area is 116 Å². The first kappa shape index (κ1) is 14.3. The molecule has 0 spiro atoms. The van der Waals surface area contributed by atoms with Gasteiger partial charge in [0.15, 0.2) is 0 Å². The molecule has 1 saturated carbocycles. The lowest BCUT2D eigenvalue weighted by atomic mass is 9.98. The number of hydrogen-bond donors (Lipinski definition) is 1. The fourth-order valence-corrected chi connectivity index (χ4v) is 2.35. The number of pyridine rings is 1. The van der Waals surface area contributed by atoms with Gasteiger partial charge in [0.1, 0.15) is 6.10 Å². The van der Waals surface area contributed by atoms with E-state index in [4.69, 9.17) is 4.74 Å². The number of rotatable bonds is 4. The van der Waals surface area contributed by atoms with Crippen molar-refractivity contribution >= 4 is 0 Å². The van der Waals surface area contributed by atoms with Gasteiger partial charge in [0.2, 0.25) is 5.88 Å². The van der Waals surface area contributed by atoms with Crippen molar-refractivity contribution in [3.63, 3.8) is 0 Å². The molecule has 1 aromatic rings. The zero-order valence-electron chi connectivity index (χ0n) is 12.4. The Morgan fingerprint density at radius 1 is 1.26 bits per heavy atom. The highest BCUT2D eigenvalue weighted by molar-refractivity contribution is 5.20. The molecule has 0 atom stereocenters. The minimum Gasteiger partial charge on any atom is -0.474 e. The minimum absolute atomic E-state index is 0.133. The van der Waals surface area contributed by atoms with Gasteiger partial charge in [-0.15, -0.1) is 0 Å². The molecule has 0 unspecified atom stereocenters. The van der Waals surface area contributed by atoms with Crippen LogP contribution in [0.25, 0.3) is 0 Å². The third-order valence-electron chi connectivity index (χ3n) is 3.46. The molecule has 0 aromatic carbocycles. The second-order valence-corrected chi connectivity index (χ2v) is 6.48. The number of nitrogens with zero attached hydrogens (tertiary/aromatic N) is 1. The van der Waals surface area contributed by atoms with E-state index in [2.05, 4.69) is 37.1 Å². The summed E-state index contributed by atoms with van der Waals surface area (Å²) in [5.74, 6) is 0.778. The first-order valence-corrected chi connectivity index (χ1v) is 7.39. The van der Waals surface area contributed by atoms with Crippen molar-refractivity contribution in [3.8, 4) is 5.88 Å². The second-order valence-electron chi connectivity index (χ2n) is 6.48. The van der Waals surface area contributed by atoms with Gasteiger partial charge >= 0.3 is 0 Å². The molecule has 0 bridgehead atoms. The van der Waals surface area contributed by atoms with Gasteiger partial charge < -0.3 is 10.1 Å². The van der Waals surface area contributed by atoms with Crippen LogP contribution < -0.4 is 10.1 Å². The highest BCUT2D eigenvalue weighted by Crippen LogP contribution is 2.22. The summed E-state index contributed by atoms with van der Waals surface area (Å²) in [6, 6.07) is 4.11. The van der Waals surface area contributed by atoms with Crippen LogP contribution in [0.5, 0.6) is 5.88 Å². The molecule has 3 heteroatoms. The van der Waals surface area contributed by atoms with Crippen molar-refractivity contribution in [2.45, 2.75) is 71.1 Å². The van der Waals surface area contributed by atoms with Gasteiger partial charge in [-0.1, -0.05) is 6.42 Å². The third kappa shape index (κ3) is 5.19. The van der Waals surface area contributed by atoms with Gasteiger partial charge in [-0.05, 0) is 58.1 Å². The fourth-order valence-electron chi connectivity index (χ4n) is 2.35. The molecule has 3 nitrogen and oxygen atoms in total. The molecule has 1 aliphatic carbocycles. The predicted octanol–water partition coefficient (Wildman–Crippen LogP) is 3.68. The maximum Gasteiger partial charge on any atom is 0.213 e. The van der Waals surface area contributed by atoms with Crippen LogP contribution in [0.4, 0.5) is 0 Å². The zero-order valence-corrected chi connectivity index (χ0v) is 12.4. The lowest BCUT2D eigenvalue weighted by molar-refractivity contribution is 0.148. The average Bonchev–Trinajstić information content (AvgIpc) is 2.37. The third-order valence-corrected chi connectivity index (χ3v) is 3.46. The normalized spacial score (nSPS) is 17.4. The number of ether oxygens (including phenoxy) is 1. The molecule has 1 N–H and O–H groups in total. The van der Waals surface area contributed by atoms with Crippen LogP contribution in [0.2, 0.25) is 0 Å². The van der Waals surface area contributed by atoms with Crippen molar-refractivity contribution in [1.29, 1.82) is 0 Å². The molecule has 0 aliphatic heterocycles. The SMILES string of the molecule is CC(C)(C)NCc1ccnc(OC2CCCCC2)c1. The van der Waals surface area contributed by atoms with E-state index in [-0.39, 0.29) is 5.54 Å². The molecule has 106 valence electrons. The van der Waals surface area contributed by atoms with Crippen LogP contribution in [0.15, 0.2) is 18.3 Å². The molecule has 2 rings (SSSR count). The number of nitrogens with one attached hydrogen (secondary N) is 1. The van der Waals surface area contributed by atoms with Crippen LogP contribution in [-0.4, -0.2) is 16.6 Å². The summed E-state index contributed by atoms with van der Waals surface area (Å²) < 4.78 is 5.99. The van der Waals surface area contributed by atoms with E-state index in [1.54, 1.807) is 0 Å². The summed E-state index contributed by atoms with van der Waals surface area (Å²) in [6.07, 6.45) is 8.48. The van der Waals surface area contributed by atoms with E-state index in [9.17, 15) is 0 Å². The van der Waals surface area contributed by atoms with Crippen molar-refractivity contribution in [1.82, 2.24) is 10.3 Å². The Kier molecular flexibility index (Phi) is 4.81. The molecule has 19 heavy (non-hydrogen) atoms. The van der Waals surface area contributed by atoms with E-state index in [0.29, 0.717) is 6.10 Å². The van der Waals surface area contributed by atoms with Crippen LogP contribution in [0.1, 0.15) is 58.4 Å². The van der Waals surface area contributed by atoms with Crippen molar-refractivity contribution in [3.05, 3.63) is 23.9 Å². The van der Waals surface area contributed by atoms with E-state index in [1.165, 1.54) is 37.7 Å². The molecule has 1 heterocycles. The Morgan fingerprint density at radius 2 is 2.00 bits per heavy atom. The molecule has 0 amide bonds. The van der Waals surface area contributed by atoms with Gasteiger partial charge in [-0.3, -0.25) is 0 Å². The summed E-state index contributed by atoms with van der Waals surface area (Å²) in [5.41, 5.74) is 1.36. The van der Waals surface area contributed by atoms with Crippen LogP contribution >= 0.6 is 0 Å². The molecule has 0 saturated heterocycles. The maximum atomic E-state index is 5.99. The quantitative estimate of drug-likeness (QED) is 0.898. The average molecular weight is 262 g/mol. The lowest BCUT2D eigenvalue weighted by Gasteiger charge is -2.23. The highest BCUT2D eigenvalue weighted by Gasteiger charge is 2.15. The Hall–Kier alpha value is -1.09. The Morgan fingerprint density at radius 3 is 2.68 bits per heavy atom. The van der Waals surface area contributed by atoms with Crippen molar-refractivity contribution < 1.29 is 4.74 Å². The lowest BCUT2D eigenvalue weighted by Crippen LogP contribution is -2.35. The first-order valence-electron chi connectivity index (χ1n) is 7.39. The summed E-state index contributed by atoms with van der Waals surface area (Å²) in [6.45, 7) is 7.38. The van der Waals surface area contributed by atoms with Crippen LogP contribution in [0.3, 0.4) is 0 Å². The maximum absolute atomic E-state index is 5.99. The zero-order chi connectivity index (χ0) is 13.7. The summed E-state index contributed by atoms with van der Waals surface area (Å²) in [7, 11) is 0. The van der Waals surface area contributed by atoms with E-state index < -0.39 is 0 Å². The van der Waals surface area contributed by atoms with Gasteiger partial charge in [-0.25, -0.2) is 4.98 Å². The fraction of sp³-hybridized carbons (Fsp3) is 0.688. The molecule has 1 aromatic heterocycles.